The predicted octanol–water partition coefficient (Wildman–Crippen LogP) is 20.2. The van der Waals surface area contributed by atoms with Crippen LogP contribution < -0.4 is 38.8 Å². The van der Waals surface area contributed by atoms with Gasteiger partial charge in [-0.3, -0.25) is 54.0 Å². The number of pyridine rings is 4. The number of nitrogen functional groups attached to an aromatic ring is 2. The van der Waals surface area contributed by atoms with Crippen molar-refractivity contribution in [2.75, 3.05) is 201 Å². The summed E-state index contributed by atoms with van der Waals surface area (Å²) in [4.78, 5) is 128. The minimum Gasteiger partial charge on any atom is -0.500 e. The number of aromatic nitrogens is 4. The minimum absolute atomic E-state index is 0.0254. The number of H-pyrrole nitrogens is 1. The SMILES string of the molecule is CCO/C=C(/C(C)=O)C(=O)OCC.CCOC(=O)C(=CCc1ccc(Br)cc1)C(=O)OCC.CCOC(=O)c1c[nH]c2ccc(Br)cc2c1=O.CCOC(=O)c1cnc2ccc(Br)cc2c1Cl.CCOC(=O)c1cnc2ccc(Br)cc2c1NCCN1CCOCC1.CCOC(OCC)OCC.NCCN1CCOCC1.NNC(=O)c1cnc2ccc(Br)cc2c1NCCN1CCOCC1.Nc1ccc(Br)cc1.O=P(Cl)(Cl)Cl. The average molecular weight is 2540 g/mol. The van der Waals surface area contributed by atoms with Crippen molar-refractivity contribution in [3.8, 4) is 0 Å². The van der Waals surface area contributed by atoms with Gasteiger partial charge in [0.25, 0.3) is 12.4 Å². The van der Waals surface area contributed by atoms with Gasteiger partial charge in [-0.1, -0.05) is 125 Å². The number of carbonyl (C=O) groups is 8. The van der Waals surface area contributed by atoms with E-state index in [1.54, 1.807) is 79.1 Å². The van der Waals surface area contributed by atoms with Crippen molar-refractivity contribution < 1.29 is 105 Å². The third-order valence-corrected chi connectivity index (χ3v) is 23.2. The number of rotatable bonds is 34. The molecule has 0 spiro atoms. The van der Waals surface area contributed by atoms with Gasteiger partial charge < -0.3 is 88.7 Å². The number of carbonyl (C=O) groups excluding carboxylic acids is 8. The van der Waals surface area contributed by atoms with Crippen LogP contribution in [0.3, 0.4) is 0 Å². The molecule has 7 heterocycles. The number of hydrogen-bond acceptors (Lipinski definition) is 34. The van der Waals surface area contributed by atoms with Crippen molar-refractivity contribution in [3.63, 3.8) is 0 Å². The van der Waals surface area contributed by atoms with E-state index in [4.69, 9.17) is 85.8 Å². The van der Waals surface area contributed by atoms with E-state index in [2.05, 4.69) is 185 Å². The summed E-state index contributed by atoms with van der Waals surface area (Å²) in [6.45, 7) is 38.1. The van der Waals surface area contributed by atoms with Gasteiger partial charge in [0.15, 0.2) is 5.78 Å². The van der Waals surface area contributed by atoms with Crippen LogP contribution >= 0.6 is 146 Å². The van der Waals surface area contributed by atoms with Gasteiger partial charge >= 0.3 is 41.0 Å². The number of anilines is 3. The van der Waals surface area contributed by atoms with Gasteiger partial charge in [-0.05, 0) is 231 Å². The summed E-state index contributed by atoms with van der Waals surface area (Å²) < 4.78 is 80.4. The molecular formula is C101H128Br6Cl4N13O23P. The molecule has 6 aromatic carbocycles. The number of Topliss-reactive ketones (excluding diaryl/α,β-unsaturated/α-hetero) is 1. The Hall–Kier alpha value is -8.77. The number of nitrogens with one attached hydrogen (secondary N) is 4. The number of fused-ring (bicyclic) bond motifs is 4. The molecule has 13 rings (SSSR count). The lowest BCUT2D eigenvalue weighted by molar-refractivity contribution is -0.282. The van der Waals surface area contributed by atoms with Gasteiger partial charge in [0.05, 0.1) is 130 Å². The van der Waals surface area contributed by atoms with Crippen molar-refractivity contribution in [1.29, 1.82) is 0 Å². The summed E-state index contributed by atoms with van der Waals surface area (Å²) in [7, 11) is 0. The molecule has 3 aliphatic rings. The van der Waals surface area contributed by atoms with Crippen LogP contribution in [0.4, 0.5) is 17.1 Å². The molecule has 0 unspecified atom stereocenters. The predicted molar refractivity (Wildman–Crippen MR) is 602 cm³/mol. The number of ketones is 1. The number of hydrazine groups is 1. The molecule has 810 valence electrons. The number of amides is 1. The smallest absolute Gasteiger partial charge is 0.345 e. The van der Waals surface area contributed by atoms with E-state index in [0.717, 1.165) is 207 Å². The first kappa shape index (κ1) is 132. The van der Waals surface area contributed by atoms with Crippen LogP contribution in [-0.2, 0) is 91.7 Å². The van der Waals surface area contributed by atoms with E-state index in [9.17, 15) is 47.7 Å². The minimum atomic E-state index is -3.22. The highest BCUT2D eigenvalue weighted by molar-refractivity contribution is 9.11. The van der Waals surface area contributed by atoms with Crippen LogP contribution in [-0.4, -0.2) is 273 Å². The van der Waals surface area contributed by atoms with E-state index < -0.39 is 41.5 Å². The molecule has 36 nitrogen and oxygen atoms in total. The lowest BCUT2D eigenvalue weighted by Crippen LogP contribution is -2.39. The molecular weight excluding hydrogens is 2420 g/mol. The maximum Gasteiger partial charge on any atom is 0.345 e. The van der Waals surface area contributed by atoms with Gasteiger partial charge in [0, 0.05) is 183 Å². The summed E-state index contributed by atoms with van der Waals surface area (Å²) in [5.74, 6) is 1.24. The third-order valence-electron chi connectivity index (χ3n) is 19.8. The number of nitrogens with two attached hydrogens (primary N) is 3. The topological polar surface area (TPSA) is 469 Å². The van der Waals surface area contributed by atoms with E-state index in [0.29, 0.717) is 78.7 Å². The number of ether oxygens (including phenoxy) is 13. The average Bonchev–Trinajstić information content (AvgIpc) is 0.804. The molecule has 0 aliphatic carbocycles. The summed E-state index contributed by atoms with van der Waals surface area (Å²) in [6.07, 6.45) is 9.10. The molecule has 3 saturated heterocycles. The molecule has 0 bridgehead atoms. The maximum atomic E-state index is 12.3. The van der Waals surface area contributed by atoms with Crippen LogP contribution in [0.1, 0.15) is 123 Å². The van der Waals surface area contributed by atoms with Crippen molar-refractivity contribution >= 4 is 254 Å². The van der Waals surface area contributed by atoms with Crippen LogP contribution in [0.5, 0.6) is 0 Å². The third kappa shape index (κ3) is 50.7. The van der Waals surface area contributed by atoms with Crippen molar-refractivity contribution in [2.45, 2.75) is 89.1 Å². The van der Waals surface area contributed by atoms with E-state index in [1.807, 2.05) is 130 Å². The Labute approximate surface area is 931 Å². The molecule has 1 amide bonds. The fourth-order valence-electron chi connectivity index (χ4n) is 12.9. The molecule has 0 radical (unpaired) electrons. The van der Waals surface area contributed by atoms with E-state index in [-0.39, 0.29) is 66.2 Å². The number of benzene rings is 6. The lowest BCUT2D eigenvalue weighted by Gasteiger charge is -2.27. The maximum absolute atomic E-state index is 12.3. The Balaban J connectivity index is 0.000000352. The van der Waals surface area contributed by atoms with Gasteiger partial charge in [-0.15, -0.1) is 0 Å². The zero-order valence-corrected chi connectivity index (χ0v) is 97.6. The monoisotopic (exact) mass is 2540 g/mol. The fourth-order valence-corrected chi connectivity index (χ4v) is 15.1. The Morgan fingerprint density at radius 1 is 0.466 bits per heavy atom. The number of aromatic amines is 1. The highest BCUT2D eigenvalue weighted by atomic mass is 79.9. The highest BCUT2D eigenvalue weighted by Crippen LogP contribution is 2.61. The molecule has 4 aromatic heterocycles. The molecule has 0 atom stereocenters. The first-order valence-electron chi connectivity index (χ1n) is 47.1. The largest absolute Gasteiger partial charge is 0.500 e. The molecule has 0 saturated carbocycles. The molecule has 10 aromatic rings. The van der Waals surface area contributed by atoms with Crippen LogP contribution in [0.25, 0.3) is 43.6 Å². The Kier molecular flexibility index (Phi) is 66.7. The van der Waals surface area contributed by atoms with Gasteiger partial charge in [-0.25, -0.2) is 34.6 Å². The van der Waals surface area contributed by atoms with Gasteiger partial charge in [-0.2, -0.15) is 0 Å². The number of hydrogen-bond donors (Lipinski definition) is 7. The number of halogens is 10. The standard InChI is InChI=1S/C18H22BrN3O3.C16H20BrN5O2.C15H17BrO4.C12H9BrClNO2.C12H10BrNO3.C9H14O4.C7H16O3.C6H6BrN.C6H14N2O.Cl3OP/c1-2-25-18(23)15-12-21-16-4-3-13(19)11-14(16)17(15)20-5-6-22-7-9-24-10-8-22;17-11-1-2-14-12(9-11)15(13(10-20-14)16(23)21-18)19-3-4-22-5-7-24-8-6-22;1-3-19-14(17)13(15(18)20-4-2)10-7-11-5-8-12(16)9-6-11;1-2-17-12(16)9-6-15-10-4-3-7(13)5-8(10)11(9)14;1-2-17-12(16)9-6-14-10-4-3-7(13)5-8(10)11(9)15;1-4-12-6-8(7(3)10)9(11)13-5-2;1-4-8-7(9-5-2)10-6-3;7-5-1-3-6(8)4-2-5;7-1-2-8-3-5-9-6-4-8;1-5(2,3)4/h3-4,11-12H,2,5-10H2,1H3,(H,20,21);1-2,9-10H,3-8,18H2,(H,19,20)(H,21,23);5-6,8-10H,3-4,7H2,1-2H3;3-6H,2H2,1H3;3-6H,2H2,1H3,(H,14,15);6H,4-5H2,1-3H3;7H,4-6H2,1-3H3;1-4H,8H2;1-7H2;/b;;;;;8-6-;;;;. The summed E-state index contributed by atoms with van der Waals surface area (Å²) in [5, 5.41) is 6.94. The van der Waals surface area contributed by atoms with Crippen molar-refractivity contribution in [2.24, 2.45) is 11.6 Å². The number of morpholine rings is 3. The molecule has 47 heteroatoms. The van der Waals surface area contributed by atoms with Crippen LogP contribution in [0.2, 0.25) is 5.02 Å². The first-order chi connectivity index (χ1) is 70.9. The Morgan fingerprint density at radius 3 is 1.22 bits per heavy atom. The second-order valence-corrected chi connectivity index (χ2v) is 42.7. The van der Waals surface area contributed by atoms with Crippen LogP contribution in [0, 0.1) is 0 Å². The van der Waals surface area contributed by atoms with Gasteiger partial charge in [0.2, 0.25) is 5.43 Å². The quantitative estimate of drug-likeness (QED) is 0.00160. The normalized spacial score (nSPS) is 12.7. The number of esters is 6. The summed E-state index contributed by atoms with van der Waals surface area (Å²) in [5.41, 5.74) is 20.1. The molecule has 3 fully saturated rings. The van der Waals surface area contributed by atoms with Crippen molar-refractivity contribution in [3.05, 3.63) is 239 Å². The second kappa shape index (κ2) is 75.1. The summed E-state index contributed by atoms with van der Waals surface area (Å²) in [6, 6.07) is 37.6. The molecule has 3 aliphatic heterocycles. The van der Waals surface area contributed by atoms with Crippen molar-refractivity contribution in [1.82, 2.24) is 40.1 Å². The van der Waals surface area contributed by atoms with Gasteiger partial charge in [0.1, 0.15) is 28.5 Å². The summed E-state index contributed by atoms with van der Waals surface area (Å²) >= 11 is 40.3. The van der Waals surface area contributed by atoms with E-state index in [1.165, 1.54) is 19.3 Å². The zero-order chi connectivity index (χ0) is 109. The second-order valence-electron chi connectivity index (χ2n) is 30.2. The molecule has 148 heavy (non-hydrogen) atoms. The fraction of sp³-hybridized carbons (Fsp3) is 0.406. The molecule has 10 N–H and O–H groups in total. The lowest BCUT2D eigenvalue weighted by atomic mass is 10.1. The number of allylic oxidation sites excluding steroid dienone is 1. The van der Waals surface area contributed by atoms with Crippen LogP contribution in [0.15, 0.2) is 201 Å². The Morgan fingerprint density at radius 2 is 0.824 bits per heavy atom. The highest BCUT2D eigenvalue weighted by Gasteiger charge is 2.25. The van der Waals surface area contributed by atoms with E-state index >= 15 is 0 Å². The first-order valence-corrected chi connectivity index (χ1v) is 56.6. The Bertz CT molecular complexity index is 5910. The number of nitrogens with zero attached hydrogens (tertiary/aromatic N) is 6. The zero-order valence-electron chi connectivity index (χ0n) is 84.1.